The molecular formula is C30H30N8O2. The highest BCUT2D eigenvalue weighted by atomic mass is 16.5. The predicted octanol–water partition coefficient (Wildman–Crippen LogP) is 3.57. The van der Waals surface area contributed by atoms with E-state index in [1.807, 2.05) is 85.8 Å². The van der Waals surface area contributed by atoms with Crippen LogP contribution in [0.15, 0.2) is 78.9 Å². The van der Waals surface area contributed by atoms with Gasteiger partial charge < -0.3 is 15.4 Å². The predicted molar refractivity (Wildman–Crippen MR) is 149 cm³/mol. The van der Waals surface area contributed by atoms with E-state index in [4.69, 9.17) is 15.7 Å². The number of benzene rings is 3. The first-order valence-corrected chi connectivity index (χ1v) is 12.9. The standard InChI is InChI=1S/C30H30N8O2/c1-22-8-5-9-23(16-22)18-28(29(33)39)38(26-12-3-2-4-13-26)27(19-32)21-40-20-24-10-6-11-25(17-24)30-34-35-36-37(30)15-7-14-31/h2-6,8-13,16-17,27-28H,7,15,18,20-21H2,1H3,(H2,33,39)/t27-,28-/m0/s1. The summed E-state index contributed by atoms with van der Waals surface area (Å²) in [5.74, 6) is 0.0372. The van der Waals surface area contributed by atoms with Crippen LogP contribution in [-0.2, 0) is 29.1 Å². The lowest BCUT2D eigenvalue weighted by molar-refractivity contribution is -0.119. The van der Waals surface area contributed by atoms with E-state index in [-0.39, 0.29) is 13.2 Å². The molecule has 0 unspecified atom stereocenters. The zero-order valence-corrected chi connectivity index (χ0v) is 22.2. The molecule has 4 aromatic rings. The summed E-state index contributed by atoms with van der Waals surface area (Å²) in [5, 5.41) is 30.9. The zero-order chi connectivity index (χ0) is 28.3. The molecule has 40 heavy (non-hydrogen) atoms. The topological polar surface area (TPSA) is 147 Å². The maximum Gasteiger partial charge on any atom is 0.240 e. The third-order valence-corrected chi connectivity index (χ3v) is 6.41. The molecule has 1 aromatic heterocycles. The van der Waals surface area contributed by atoms with Crippen molar-refractivity contribution in [2.45, 2.75) is 45.0 Å². The molecule has 0 aliphatic carbocycles. The normalized spacial score (nSPS) is 12.2. The number of aromatic nitrogens is 4. The number of nitrogens with zero attached hydrogens (tertiary/aromatic N) is 7. The lowest BCUT2D eigenvalue weighted by atomic mass is 10.00. The largest absolute Gasteiger partial charge is 0.374 e. The first-order valence-electron chi connectivity index (χ1n) is 12.9. The van der Waals surface area contributed by atoms with Crippen LogP contribution in [-0.4, -0.2) is 44.8 Å². The molecule has 1 heterocycles. The third kappa shape index (κ3) is 7.07. The summed E-state index contributed by atoms with van der Waals surface area (Å²) in [5.41, 5.74) is 10.3. The Morgan fingerprint density at radius 2 is 1.82 bits per heavy atom. The van der Waals surface area contributed by atoms with Crippen molar-refractivity contribution in [2.24, 2.45) is 5.73 Å². The van der Waals surface area contributed by atoms with Gasteiger partial charge in [-0.1, -0.05) is 66.2 Å². The first-order chi connectivity index (χ1) is 19.5. The highest BCUT2D eigenvalue weighted by molar-refractivity contribution is 5.84. The van der Waals surface area contributed by atoms with Crippen LogP contribution in [0.25, 0.3) is 11.4 Å². The Bertz CT molecular complexity index is 1510. The van der Waals surface area contributed by atoms with Crippen LogP contribution in [0.1, 0.15) is 23.1 Å². The van der Waals surface area contributed by atoms with Gasteiger partial charge >= 0.3 is 0 Å². The van der Waals surface area contributed by atoms with Gasteiger partial charge in [0, 0.05) is 17.7 Å². The number of ether oxygens (including phenoxy) is 1. The average Bonchev–Trinajstić information content (AvgIpc) is 3.44. The average molecular weight is 535 g/mol. The Labute approximate surface area is 233 Å². The van der Waals surface area contributed by atoms with Crippen LogP contribution in [0.3, 0.4) is 0 Å². The number of nitrogens with two attached hydrogens (primary N) is 1. The molecule has 10 heteroatoms. The minimum Gasteiger partial charge on any atom is -0.374 e. The van der Waals surface area contributed by atoms with Gasteiger partial charge in [-0.15, -0.1) is 5.10 Å². The van der Waals surface area contributed by atoms with Gasteiger partial charge in [-0.2, -0.15) is 10.5 Å². The molecule has 1 amide bonds. The second kappa shape index (κ2) is 13.7. The number of nitriles is 2. The van der Waals surface area contributed by atoms with Gasteiger partial charge in [-0.3, -0.25) is 4.79 Å². The van der Waals surface area contributed by atoms with E-state index in [0.29, 0.717) is 30.9 Å². The van der Waals surface area contributed by atoms with E-state index >= 15 is 0 Å². The molecule has 3 aromatic carbocycles. The molecule has 0 saturated heterocycles. The second-order valence-corrected chi connectivity index (χ2v) is 9.35. The number of carbonyl (C=O) groups is 1. The molecule has 0 radical (unpaired) electrons. The molecule has 0 bridgehead atoms. The van der Waals surface area contributed by atoms with Gasteiger partial charge in [0.1, 0.15) is 12.1 Å². The molecule has 202 valence electrons. The van der Waals surface area contributed by atoms with Gasteiger partial charge in [-0.05, 0) is 46.7 Å². The minimum absolute atomic E-state index is 0.0487. The van der Waals surface area contributed by atoms with Crippen molar-refractivity contribution in [2.75, 3.05) is 11.5 Å². The van der Waals surface area contributed by atoms with Gasteiger partial charge in [0.25, 0.3) is 0 Å². The first kappa shape index (κ1) is 28.0. The van der Waals surface area contributed by atoms with E-state index in [1.165, 1.54) is 0 Å². The van der Waals surface area contributed by atoms with Crippen molar-refractivity contribution in [3.63, 3.8) is 0 Å². The number of hydrogen-bond acceptors (Lipinski definition) is 8. The van der Waals surface area contributed by atoms with Crippen LogP contribution >= 0.6 is 0 Å². The van der Waals surface area contributed by atoms with Crippen molar-refractivity contribution in [3.8, 4) is 23.5 Å². The Kier molecular flexibility index (Phi) is 9.54. The lowest BCUT2D eigenvalue weighted by Crippen LogP contribution is -2.52. The van der Waals surface area contributed by atoms with Crippen LogP contribution in [0.2, 0.25) is 0 Å². The van der Waals surface area contributed by atoms with Crippen LogP contribution in [0.5, 0.6) is 0 Å². The summed E-state index contributed by atoms with van der Waals surface area (Å²) in [7, 11) is 0. The summed E-state index contributed by atoms with van der Waals surface area (Å²) < 4.78 is 7.61. The van der Waals surface area contributed by atoms with Gasteiger partial charge in [-0.25, -0.2) is 4.68 Å². The maximum atomic E-state index is 12.8. The highest BCUT2D eigenvalue weighted by Crippen LogP contribution is 2.24. The van der Waals surface area contributed by atoms with Crippen molar-refractivity contribution in [1.29, 1.82) is 10.5 Å². The van der Waals surface area contributed by atoms with Crippen LogP contribution < -0.4 is 10.6 Å². The van der Waals surface area contributed by atoms with E-state index < -0.39 is 18.0 Å². The van der Waals surface area contributed by atoms with Crippen molar-refractivity contribution in [1.82, 2.24) is 20.2 Å². The number of primary amides is 1. The number of tetrazole rings is 1. The Balaban J connectivity index is 1.52. The lowest BCUT2D eigenvalue weighted by Gasteiger charge is -2.35. The second-order valence-electron chi connectivity index (χ2n) is 9.35. The van der Waals surface area contributed by atoms with Crippen LogP contribution in [0.4, 0.5) is 5.69 Å². The van der Waals surface area contributed by atoms with Crippen molar-refractivity contribution in [3.05, 3.63) is 95.6 Å². The van der Waals surface area contributed by atoms with Gasteiger partial charge in [0.15, 0.2) is 5.82 Å². The molecule has 0 aliphatic heterocycles. The number of hydrogen-bond donors (Lipinski definition) is 1. The number of amides is 1. The fourth-order valence-corrected chi connectivity index (χ4v) is 4.56. The fraction of sp³-hybridized carbons (Fsp3) is 0.267. The number of rotatable bonds is 13. The Morgan fingerprint density at radius 1 is 1.05 bits per heavy atom. The molecule has 2 atom stereocenters. The van der Waals surface area contributed by atoms with E-state index in [0.717, 1.165) is 22.3 Å². The van der Waals surface area contributed by atoms with Crippen molar-refractivity contribution < 1.29 is 9.53 Å². The van der Waals surface area contributed by atoms with Crippen molar-refractivity contribution >= 4 is 11.6 Å². The zero-order valence-electron chi connectivity index (χ0n) is 22.2. The molecular weight excluding hydrogens is 504 g/mol. The maximum absolute atomic E-state index is 12.8. The monoisotopic (exact) mass is 534 g/mol. The molecule has 0 fully saturated rings. The molecule has 10 nitrogen and oxygen atoms in total. The van der Waals surface area contributed by atoms with E-state index in [2.05, 4.69) is 27.7 Å². The quantitative estimate of drug-likeness (QED) is 0.274. The summed E-state index contributed by atoms with van der Waals surface area (Å²) in [6.45, 7) is 2.66. The summed E-state index contributed by atoms with van der Waals surface area (Å²) in [4.78, 5) is 14.5. The molecule has 4 rings (SSSR count). The molecule has 0 aliphatic rings. The number of carbonyl (C=O) groups excluding carboxylic acids is 1. The SMILES string of the molecule is Cc1cccc(C[C@@H](C(N)=O)N(c2ccccc2)[C@@H](C#N)COCc2cccc(-c3nnnn3CCC#N)c2)c1. The van der Waals surface area contributed by atoms with Gasteiger partial charge in [0.2, 0.25) is 5.91 Å². The molecule has 2 N–H and O–H groups in total. The van der Waals surface area contributed by atoms with Crippen LogP contribution in [0, 0.1) is 29.6 Å². The molecule has 0 spiro atoms. The number of para-hydroxylation sites is 1. The number of aryl methyl sites for hydroxylation is 2. The van der Waals surface area contributed by atoms with E-state index in [9.17, 15) is 10.1 Å². The highest BCUT2D eigenvalue weighted by Gasteiger charge is 2.31. The fourth-order valence-electron chi connectivity index (χ4n) is 4.56. The van der Waals surface area contributed by atoms with Gasteiger partial charge in [0.05, 0.1) is 38.3 Å². The molecule has 0 saturated carbocycles. The minimum atomic E-state index is -0.772. The number of anilines is 1. The summed E-state index contributed by atoms with van der Waals surface area (Å²) in [6, 6.07) is 27.7. The van der Waals surface area contributed by atoms with E-state index in [1.54, 1.807) is 9.58 Å². The summed E-state index contributed by atoms with van der Waals surface area (Å²) in [6.07, 6.45) is 0.650. The smallest absolute Gasteiger partial charge is 0.240 e. The summed E-state index contributed by atoms with van der Waals surface area (Å²) >= 11 is 0. The third-order valence-electron chi connectivity index (χ3n) is 6.41. The Hall–Kier alpha value is -5.06. The Morgan fingerprint density at radius 3 is 2.55 bits per heavy atom.